The van der Waals surface area contributed by atoms with Crippen LogP contribution in [0.3, 0.4) is 0 Å². The fourth-order valence-corrected chi connectivity index (χ4v) is 2.94. The van der Waals surface area contributed by atoms with Gasteiger partial charge in [-0.25, -0.2) is 0 Å². The molecule has 1 aromatic rings. The van der Waals surface area contributed by atoms with Crippen molar-refractivity contribution < 1.29 is 27.6 Å². The highest BCUT2D eigenvalue weighted by Crippen LogP contribution is 2.36. The molecule has 0 fully saturated rings. The first-order chi connectivity index (χ1) is 14.6. The minimum absolute atomic E-state index is 0.0555. The molecule has 0 unspecified atom stereocenters. The number of benzene rings is 1. The van der Waals surface area contributed by atoms with Crippen molar-refractivity contribution in [2.75, 3.05) is 19.8 Å². The van der Waals surface area contributed by atoms with Gasteiger partial charge in [0.1, 0.15) is 6.61 Å². The van der Waals surface area contributed by atoms with Gasteiger partial charge in [-0.3, -0.25) is 10.1 Å². The number of nitro groups is 1. The van der Waals surface area contributed by atoms with Crippen molar-refractivity contribution in [3.63, 3.8) is 0 Å². The zero-order valence-corrected chi connectivity index (χ0v) is 17.4. The summed E-state index contributed by atoms with van der Waals surface area (Å²) < 4.78 is 49.2. The summed E-state index contributed by atoms with van der Waals surface area (Å²) in [6.45, 7) is 8.33. The van der Waals surface area contributed by atoms with E-state index in [1.807, 2.05) is 38.2 Å². The van der Waals surface area contributed by atoms with Gasteiger partial charge in [-0.15, -0.1) is 0 Å². The van der Waals surface area contributed by atoms with E-state index in [0.717, 1.165) is 40.8 Å². The number of hydrogen-bond acceptors (Lipinski definition) is 4. The number of alkyl halides is 3. The fraction of sp³-hybridized carbons (Fsp3) is 0.304. The zero-order valence-electron chi connectivity index (χ0n) is 17.4. The van der Waals surface area contributed by atoms with E-state index in [4.69, 9.17) is 9.47 Å². The van der Waals surface area contributed by atoms with Gasteiger partial charge < -0.3 is 9.47 Å². The smallest absolute Gasteiger partial charge is 0.416 e. The Labute approximate surface area is 179 Å². The summed E-state index contributed by atoms with van der Waals surface area (Å²) in [5.41, 5.74) is 1.98. The number of nitrogens with zero attached hydrogens (tertiary/aromatic N) is 1. The number of allylic oxidation sites excluding steroid dienone is 7. The van der Waals surface area contributed by atoms with Crippen molar-refractivity contribution in [1.82, 2.24) is 0 Å². The Morgan fingerprint density at radius 1 is 1.26 bits per heavy atom. The predicted molar refractivity (Wildman–Crippen MR) is 113 cm³/mol. The molecule has 0 spiro atoms. The van der Waals surface area contributed by atoms with Crippen LogP contribution in [0, 0.1) is 10.1 Å². The predicted octanol–water partition coefficient (Wildman–Crippen LogP) is 6.34. The molecule has 0 atom stereocenters. The largest absolute Gasteiger partial charge is 0.484 e. The third-order valence-electron chi connectivity index (χ3n) is 4.64. The van der Waals surface area contributed by atoms with Crippen LogP contribution in [0.15, 0.2) is 77.5 Å². The number of hydrogen-bond donors (Lipinski definition) is 0. The third kappa shape index (κ3) is 6.68. The minimum atomic E-state index is -4.67. The van der Waals surface area contributed by atoms with Gasteiger partial charge >= 0.3 is 11.9 Å². The van der Waals surface area contributed by atoms with Crippen molar-refractivity contribution in [2.45, 2.75) is 26.4 Å². The number of ether oxygens (including phenoxy) is 2. The number of halogens is 3. The monoisotopic (exact) mass is 435 g/mol. The van der Waals surface area contributed by atoms with E-state index in [-0.39, 0.29) is 25.6 Å². The Hall–Kier alpha value is -3.13. The van der Waals surface area contributed by atoms with Crippen molar-refractivity contribution in [3.8, 4) is 5.75 Å². The van der Waals surface area contributed by atoms with Crippen molar-refractivity contribution in [1.29, 1.82) is 0 Å². The van der Waals surface area contributed by atoms with Gasteiger partial charge in [-0.2, -0.15) is 13.2 Å². The van der Waals surface area contributed by atoms with Gasteiger partial charge in [0.25, 0.3) is 0 Å². The van der Waals surface area contributed by atoms with E-state index < -0.39 is 22.4 Å². The molecule has 0 bridgehead atoms. The lowest BCUT2D eigenvalue weighted by Gasteiger charge is -2.14. The molecule has 5 nitrogen and oxygen atoms in total. The SMILES string of the molecule is C=C(C1=C(C)C=CCC=C1)/C(=C/C)COCCOc1ccc(C(F)(F)F)cc1[N+](=O)[O-]. The molecular formula is C23H24F3NO4. The first-order valence-corrected chi connectivity index (χ1v) is 9.60. The molecule has 0 aliphatic heterocycles. The molecule has 1 aromatic carbocycles. The molecule has 1 aliphatic carbocycles. The standard InChI is InChI=1S/C23H24F3NO4/c1-4-18(17(3)20-9-7-5-6-8-16(20)2)15-30-12-13-31-22-11-10-19(23(24,25)26)14-21(22)27(28)29/h4,6-11,14H,3,5,12-13,15H2,1-2H3/b18-4+. The molecule has 8 heteroatoms. The molecule has 31 heavy (non-hydrogen) atoms. The van der Waals surface area contributed by atoms with Crippen molar-refractivity contribution >= 4 is 5.69 Å². The van der Waals surface area contributed by atoms with Gasteiger partial charge in [0, 0.05) is 6.07 Å². The summed E-state index contributed by atoms with van der Waals surface area (Å²) in [5, 5.41) is 11.1. The second kappa shape index (κ2) is 10.8. The van der Waals surface area contributed by atoms with Crippen LogP contribution in [0.4, 0.5) is 18.9 Å². The number of rotatable bonds is 9. The van der Waals surface area contributed by atoms with Crippen LogP contribution >= 0.6 is 0 Å². The van der Waals surface area contributed by atoms with Gasteiger partial charge in [0.2, 0.25) is 0 Å². The molecule has 0 saturated carbocycles. The molecule has 1 aliphatic rings. The van der Waals surface area contributed by atoms with Gasteiger partial charge in [-0.05, 0) is 54.7 Å². The summed E-state index contributed by atoms with van der Waals surface area (Å²) in [4.78, 5) is 10.2. The first-order valence-electron chi connectivity index (χ1n) is 9.60. The highest BCUT2D eigenvalue weighted by atomic mass is 19.4. The van der Waals surface area contributed by atoms with Crippen LogP contribution in [0.1, 0.15) is 25.8 Å². The van der Waals surface area contributed by atoms with E-state index in [9.17, 15) is 23.3 Å². The van der Waals surface area contributed by atoms with Crippen molar-refractivity contribution in [2.24, 2.45) is 0 Å². The summed E-state index contributed by atoms with van der Waals surface area (Å²) in [7, 11) is 0. The average molecular weight is 435 g/mol. The number of nitro benzene ring substituents is 1. The molecule has 0 N–H and O–H groups in total. The average Bonchev–Trinajstić information content (AvgIpc) is 2.93. The normalized spacial score (nSPS) is 14.5. The van der Waals surface area contributed by atoms with Crippen LogP contribution in [-0.2, 0) is 10.9 Å². The van der Waals surface area contributed by atoms with Crippen LogP contribution in [0.25, 0.3) is 0 Å². The second-order valence-corrected chi connectivity index (χ2v) is 6.77. The minimum Gasteiger partial charge on any atom is -0.484 e. The zero-order chi connectivity index (χ0) is 23.0. The van der Waals surface area contributed by atoms with Gasteiger partial charge in [0.15, 0.2) is 5.75 Å². The summed E-state index contributed by atoms with van der Waals surface area (Å²) >= 11 is 0. The summed E-state index contributed by atoms with van der Waals surface area (Å²) in [6, 6.07) is 2.15. The molecule has 0 aromatic heterocycles. The lowest BCUT2D eigenvalue weighted by Crippen LogP contribution is -2.11. The van der Waals surface area contributed by atoms with E-state index in [1.54, 1.807) is 0 Å². The van der Waals surface area contributed by atoms with Crippen LogP contribution in [0.2, 0.25) is 0 Å². The Kier molecular flexibility index (Phi) is 8.38. The Balaban J connectivity index is 1.93. The van der Waals surface area contributed by atoms with Crippen LogP contribution in [-0.4, -0.2) is 24.7 Å². The Morgan fingerprint density at radius 2 is 1.97 bits per heavy atom. The molecular weight excluding hydrogens is 411 g/mol. The highest BCUT2D eigenvalue weighted by Gasteiger charge is 2.33. The molecule has 0 saturated heterocycles. The van der Waals surface area contributed by atoms with E-state index in [2.05, 4.69) is 12.7 Å². The molecule has 2 rings (SSSR count). The van der Waals surface area contributed by atoms with E-state index in [1.165, 1.54) is 0 Å². The molecule has 0 heterocycles. The highest BCUT2D eigenvalue weighted by molar-refractivity contribution is 5.55. The first kappa shape index (κ1) is 24.1. The third-order valence-corrected chi connectivity index (χ3v) is 4.64. The lowest BCUT2D eigenvalue weighted by molar-refractivity contribution is -0.386. The van der Waals surface area contributed by atoms with E-state index >= 15 is 0 Å². The van der Waals surface area contributed by atoms with Gasteiger partial charge in [0.05, 0.1) is 23.7 Å². The van der Waals surface area contributed by atoms with Crippen molar-refractivity contribution in [3.05, 3.63) is 93.1 Å². The van der Waals surface area contributed by atoms with Crippen LogP contribution < -0.4 is 4.74 Å². The Bertz CT molecular complexity index is 956. The maximum absolute atomic E-state index is 12.8. The summed E-state index contributed by atoms with van der Waals surface area (Å²) in [6.07, 6.45) is 6.25. The second-order valence-electron chi connectivity index (χ2n) is 6.77. The van der Waals surface area contributed by atoms with E-state index in [0.29, 0.717) is 6.07 Å². The topological polar surface area (TPSA) is 61.6 Å². The quantitative estimate of drug-likeness (QED) is 0.196. The molecule has 0 amide bonds. The van der Waals surface area contributed by atoms with Crippen LogP contribution in [0.5, 0.6) is 5.75 Å². The maximum atomic E-state index is 12.8. The Morgan fingerprint density at radius 3 is 2.61 bits per heavy atom. The van der Waals surface area contributed by atoms with Gasteiger partial charge in [-0.1, -0.05) is 37.0 Å². The summed E-state index contributed by atoms with van der Waals surface area (Å²) in [5.74, 6) is -0.242. The maximum Gasteiger partial charge on any atom is 0.416 e. The molecule has 0 radical (unpaired) electrons. The fourth-order valence-electron chi connectivity index (χ4n) is 2.94. The lowest BCUT2D eigenvalue weighted by atomic mass is 9.95. The molecule has 166 valence electrons.